The molecule has 1 aliphatic rings. The Hall–Kier alpha value is -2.70. The van der Waals surface area contributed by atoms with Gasteiger partial charge in [-0.15, -0.1) is 0 Å². The second-order valence-electron chi connectivity index (χ2n) is 6.20. The SMILES string of the molecule is CC(NC1CCc2cc(C=CC(=O)NO)ccc21)c1ccc[nH]c1=O. The number of aromatic nitrogens is 1. The van der Waals surface area contributed by atoms with Gasteiger partial charge in [0.2, 0.25) is 0 Å². The van der Waals surface area contributed by atoms with Crippen LogP contribution in [0.25, 0.3) is 6.08 Å². The molecule has 25 heavy (non-hydrogen) atoms. The summed E-state index contributed by atoms with van der Waals surface area (Å²) < 4.78 is 0. The number of amides is 1. The van der Waals surface area contributed by atoms with Crippen LogP contribution in [0.1, 0.15) is 47.7 Å². The minimum atomic E-state index is -0.554. The van der Waals surface area contributed by atoms with Crippen molar-refractivity contribution in [3.05, 3.63) is 75.2 Å². The Balaban J connectivity index is 1.74. The molecule has 0 spiro atoms. The maximum atomic E-state index is 11.9. The van der Waals surface area contributed by atoms with E-state index in [1.807, 2.05) is 25.1 Å². The Labute approximate surface area is 145 Å². The fourth-order valence-electron chi connectivity index (χ4n) is 3.29. The largest absolute Gasteiger partial charge is 0.329 e. The van der Waals surface area contributed by atoms with Crippen molar-refractivity contribution in [2.24, 2.45) is 0 Å². The lowest BCUT2D eigenvalue weighted by molar-refractivity contribution is -0.124. The fraction of sp³-hybridized carbons (Fsp3) is 0.263. The molecule has 4 N–H and O–H groups in total. The monoisotopic (exact) mass is 339 g/mol. The molecule has 3 rings (SSSR count). The topological polar surface area (TPSA) is 94.2 Å². The minimum Gasteiger partial charge on any atom is -0.329 e. The Morgan fingerprint density at radius 1 is 1.40 bits per heavy atom. The van der Waals surface area contributed by atoms with Gasteiger partial charge in [0.15, 0.2) is 0 Å². The fourth-order valence-corrected chi connectivity index (χ4v) is 3.29. The van der Waals surface area contributed by atoms with Crippen LogP contribution in [0.5, 0.6) is 0 Å². The van der Waals surface area contributed by atoms with Gasteiger partial charge in [-0.05, 0) is 48.6 Å². The Kier molecular flexibility index (Phi) is 5.11. The zero-order valence-corrected chi connectivity index (χ0v) is 14.0. The third-order valence-electron chi connectivity index (χ3n) is 4.55. The van der Waals surface area contributed by atoms with E-state index in [-0.39, 0.29) is 17.6 Å². The standard InChI is InChI=1S/C19H21N3O3/c1-12(15-3-2-10-20-19(15)24)21-17-8-6-14-11-13(4-7-16(14)17)5-9-18(23)22-25/h2-5,7,9-12,17,21,25H,6,8H2,1H3,(H,20,24)(H,22,23). The van der Waals surface area contributed by atoms with E-state index in [1.165, 1.54) is 17.2 Å². The molecule has 1 amide bonds. The van der Waals surface area contributed by atoms with Gasteiger partial charge in [-0.1, -0.05) is 24.3 Å². The number of aryl methyl sites for hydroxylation is 1. The number of pyridine rings is 1. The lowest BCUT2D eigenvalue weighted by Gasteiger charge is -2.20. The van der Waals surface area contributed by atoms with Gasteiger partial charge >= 0.3 is 0 Å². The highest BCUT2D eigenvalue weighted by Crippen LogP contribution is 2.33. The van der Waals surface area contributed by atoms with Gasteiger partial charge in [0.1, 0.15) is 0 Å². The quantitative estimate of drug-likeness (QED) is 0.382. The van der Waals surface area contributed by atoms with Crippen LogP contribution in [0.2, 0.25) is 0 Å². The van der Waals surface area contributed by atoms with Gasteiger partial charge in [-0.3, -0.25) is 14.8 Å². The van der Waals surface area contributed by atoms with E-state index >= 15 is 0 Å². The summed E-state index contributed by atoms with van der Waals surface area (Å²) in [5, 5.41) is 12.1. The van der Waals surface area contributed by atoms with E-state index in [1.54, 1.807) is 17.8 Å². The summed E-state index contributed by atoms with van der Waals surface area (Å²) >= 11 is 0. The summed E-state index contributed by atoms with van der Waals surface area (Å²) in [6.45, 7) is 1.99. The van der Waals surface area contributed by atoms with Crippen LogP contribution in [-0.2, 0) is 11.2 Å². The van der Waals surface area contributed by atoms with Crippen molar-refractivity contribution in [1.29, 1.82) is 0 Å². The molecule has 2 aromatic rings. The maximum Gasteiger partial charge on any atom is 0.267 e. The zero-order valence-electron chi connectivity index (χ0n) is 14.0. The van der Waals surface area contributed by atoms with Gasteiger partial charge < -0.3 is 10.3 Å². The van der Waals surface area contributed by atoms with Crippen LogP contribution < -0.4 is 16.4 Å². The van der Waals surface area contributed by atoms with Crippen LogP contribution in [0.15, 0.2) is 47.4 Å². The van der Waals surface area contributed by atoms with E-state index in [9.17, 15) is 9.59 Å². The first-order valence-corrected chi connectivity index (χ1v) is 8.27. The van der Waals surface area contributed by atoms with E-state index in [0.29, 0.717) is 0 Å². The highest BCUT2D eigenvalue weighted by atomic mass is 16.5. The Morgan fingerprint density at radius 2 is 2.24 bits per heavy atom. The average Bonchev–Trinajstić information content (AvgIpc) is 3.02. The van der Waals surface area contributed by atoms with Crippen molar-refractivity contribution in [2.45, 2.75) is 31.8 Å². The third-order valence-corrected chi connectivity index (χ3v) is 4.55. The predicted octanol–water partition coefficient (Wildman–Crippen LogP) is 2.23. The first-order valence-electron chi connectivity index (χ1n) is 8.27. The number of carbonyl (C=O) groups excluding carboxylic acids is 1. The van der Waals surface area contributed by atoms with Gasteiger partial charge in [0.25, 0.3) is 11.5 Å². The number of H-pyrrole nitrogens is 1. The van der Waals surface area contributed by atoms with Gasteiger partial charge in [-0.25, -0.2) is 5.48 Å². The number of aromatic amines is 1. The number of nitrogens with one attached hydrogen (secondary N) is 3. The first kappa shape index (κ1) is 17.1. The second kappa shape index (κ2) is 7.46. The van der Waals surface area contributed by atoms with Crippen LogP contribution in [0, 0.1) is 0 Å². The average molecular weight is 339 g/mol. The van der Waals surface area contributed by atoms with Crippen molar-refractivity contribution in [1.82, 2.24) is 15.8 Å². The summed E-state index contributed by atoms with van der Waals surface area (Å²) in [6, 6.07) is 9.87. The molecule has 1 aromatic heterocycles. The van der Waals surface area contributed by atoms with Crippen LogP contribution in [0.3, 0.4) is 0 Å². The molecule has 0 aliphatic heterocycles. The molecule has 0 radical (unpaired) electrons. The summed E-state index contributed by atoms with van der Waals surface area (Å²) in [5.74, 6) is -0.554. The summed E-state index contributed by atoms with van der Waals surface area (Å²) in [7, 11) is 0. The smallest absolute Gasteiger partial charge is 0.267 e. The van der Waals surface area contributed by atoms with Crippen molar-refractivity contribution < 1.29 is 10.0 Å². The molecule has 0 saturated carbocycles. The zero-order chi connectivity index (χ0) is 17.8. The van der Waals surface area contributed by atoms with Crippen LogP contribution >= 0.6 is 0 Å². The normalized spacial score (nSPS) is 17.4. The number of fused-ring (bicyclic) bond motifs is 1. The molecule has 1 aliphatic carbocycles. The van der Waals surface area contributed by atoms with Gasteiger partial charge in [-0.2, -0.15) is 0 Å². The number of benzene rings is 1. The van der Waals surface area contributed by atoms with Crippen LogP contribution in [0.4, 0.5) is 0 Å². The molecule has 130 valence electrons. The molecular weight excluding hydrogens is 318 g/mol. The molecule has 0 fully saturated rings. The summed E-state index contributed by atoms with van der Waals surface area (Å²) in [6.07, 6.45) is 6.50. The molecule has 1 aromatic carbocycles. The lowest BCUT2D eigenvalue weighted by atomic mass is 10.0. The Morgan fingerprint density at radius 3 is 3.00 bits per heavy atom. The highest BCUT2D eigenvalue weighted by molar-refractivity contribution is 5.90. The van der Waals surface area contributed by atoms with E-state index in [0.717, 1.165) is 24.0 Å². The number of hydrogen-bond donors (Lipinski definition) is 4. The van der Waals surface area contributed by atoms with E-state index in [4.69, 9.17) is 5.21 Å². The van der Waals surface area contributed by atoms with E-state index < -0.39 is 5.91 Å². The number of hydrogen-bond acceptors (Lipinski definition) is 4. The van der Waals surface area contributed by atoms with Crippen molar-refractivity contribution >= 4 is 12.0 Å². The third kappa shape index (κ3) is 3.87. The molecule has 6 heteroatoms. The van der Waals surface area contributed by atoms with Crippen molar-refractivity contribution in [3.8, 4) is 0 Å². The minimum absolute atomic E-state index is 0.0475. The van der Waals surface area contributed by atoms with Crippen molar-refractivity contribution in [3.63, 3.8) is 0 Å². The highest BCUT2D eigenvalue weighted by Gasteiger charge is 2.24. The summed E-state index contributed by atoms with van der Waals surface area (Å²) in [4.78, 5) is 25.7. The molecule has 0 saturated heterocycles. The lowest BCUT2D eigenvalue weighted by Crippen LogP contribution is -2.27. The predicted molar refractivity (Wildman–Crippen MR) is 95.1 cm³/mol. The van der Waals surface area contributed by atoms with E-state index in [2.05, 4.69) is 22.4 Å². The molecule has 1 heterocycles. The molecule has 2 unspecified atom stereocenters. The van der Waals surface area contributed by atoms with Crippen molar-refractivity contribution in [2.75, 3.05) is 0 Å². The molecule has 0 bridgehead atoms. The molecule has 6 nitrogen and oxygen atoms in total. The second-order valence-corrected chi connectivity index (χ2v) is 6.20. The molecule has 2 atom stereocenters. The maximum absolute atomic E-state index is 11.9. The first-order chi connectivity index (χ1) is 12.1. The number of carbonyl (C=O) groups is 1. The number of rotatable bonds is 5. The van der Waals surface area contributed by atoms with Crippen LogP contribution in [-0.4, -0.2) is 16.1 Å². The van der Waals surface area contributed by atoms with Gasteiger partial charge in [0.05, 0.1) is 0 Å². The number of hydroxylamine groups is 1. The Bertz CT molecular complexity index is 857. The summed E-state index contributed by atoms with van der Waals surface area (Å²) in [5.41, 5.74) is 5.61. The van der Waals surface area contributed by atoms with Gasteiger partial charge in [0, 0.05) is 29.9 Å². The molecular formula is C19H21N3O3.